The van der Waals surface area contributed by atoms with Gasteiger partial charge in [0.15, 0.2) is 21.4 Å². The van der Waals surface area contributed by atoms with Gasteiger partial charge in [-0.25, -0.2) is 25.3 Å². The van der Waals surface area contributed by atoms with E-state index in [1.807, 2.05) is 0 Å². The number of anilines is 3. The van der Waals surface area contributed by atoms with Gasteiger partial charge >= 0.3 is 59.1 Å². The number of carbonyl (C=O) groups excluding carboxylic acids is 2. The van der Waals surface area contributed by atoms with Gasteiger partial charge < -0.3 is 25.1 Å². The van der Waals surface area contributed by atoms with Crippen LogP contribution >= 0.6 is 0 Å². The molecule has 0 heterocycles. The van der Waals surface area contributed by atoms with Crippen LogP contribution in [0.5, 0.6) is 0 Å². The van der Waals surface area contributed by atoms with E-state index >= 15 is 0 Å². The normalized spacial score (nSPS) is 13.0. The van der Waals surface area contributed by atoms with Crippen LogP contribution in [-0.4, -0.2) is 82.5 Å². The number of fused-ring (bicyclic) bond motifs is 2. The molecule has 218 valence electrons. The molecule has 4 rings (SSSR count). The average Bonchev–Trinajstić information content (AvgIpc) is 2.89. The van der Waals surface area contributed by atoms with Crippen molar-refractivity contribution in [2.24, 2.45) is 0 Å². The molecule has 0 radical (unpaired) electrons. The Bertz CT molecular complexity index is 1900. The molecular weight excluding hydrogens is 644 g/mol. The molecule has 43 heavy (non-hydrogen) atoms. The molecule has 0 unspecified atom stereocenters. The molecule has 0 fully saturated rings. The monoisotopic (exact) mass is 667 g/mol. The first-order valence-corrected chi connectivity index (χ1v) is 16.5. The van der Waals surface area contributed by atoms with Crippen LogP contribution in [0.25, 0.3) is 0 Å². The van der Waals surface area contributed by atoms with Gasteiger partial charge in [-0.2, -0.15) is 0 Å². The van der Waals surface area contributed by atoms with E-state index in [2.05, 4.69) is 5.32 Å². The van der Waals surface area contributed by atoms with Crippen molar-refractivity contribution in [2.45, 2.75) is 9.79 Å². The van der Waals surface area contributed by atoms with E-state index in [1.165, 1.54) is 54.4 Å². The first kappa shape index (κ1) is 37.5. The number of benzene rings is 3. The van der Waals surface area contributed by atoms with Crippen LogP contribution in [0.1, 0.15) is 31.8 Å². The fourth-order valence-corrected chi connectivity index (χ4v) is 6.78. The minimum Gasteiger partial charge on any atom is -0.748 e. The molecule has 0 spiro atoms. The number of rotatable bonds is 10. The van der Waals surface area contributed by atoms with Gasteiger partial charge in [-0.1, -0.05) is 24.3 Å². The van der Waals surface area contributed by atoms with Gasteiger partial charge in [0.25, 0.3) is 0 Å². The van der Waals surface area contributed by atoms with Gasteiger partial charge in [-0.3, -0.25) is 9.59 Å². The second kappa shape index (κ2) is 14.2. The number of nitrogens with one attached hydrogen (secondary N) is 1. The summed E-state index contributed by atoms with van der Waals surface area (Å²) in [4.78, 5) is 27.0. The third kappa shape index (κ3) is 8.53. The maximum atomic E-state index is 13.4. The number of ketones is 2. The summed E-state index contributed by atoms with van der Waals surface area (Å²) in [5.74, 6) is -2.40. The minimum absolute atomic E-state index is 0. The zero-order valence-electron chi connectivity index (χ0n) is 23.4. The quantitative estimate of drug-likeness (QED) is 0.0919. The van der Waals surface area contributed by atoms with Crippen LogP contribution < -0.4 is 70.2 Å². The third-order valence-corrected chi connectivity index (χ3v) is 9.70. The van der Waals surface area contributed by atoms with E-state index in [0.717, 1.165) is 6.07 Å². The van der Waals surface area contributed by atoms with Gasteiger partial charge in [0, 0.05) is 29.9 Å². The molecule has 3 N–H and O–H groups in total. The Morgan fingerprint density at radius 2 is 1.30 bits per heavy atom. The van der Waals surface area contributed by atoms with E-state index in [1.54, 1.807) is 6.07 Å². The van der Waals surface area contributed by atoms with Crippen molar-refractivity contribution in [3.8, 4) is 0 Å². The predicted molar refractivity (Wildman–Crippen MR) is 146 cm³/mol. The van der Waals surface area contributed by atoms with Gasteiger partial charge in [0.1, 0.15) is 10.1 Å². The van der Waals surface area contributed by atoms with E-state index in [9.17, 15) is 43.9 Å². The summed E-state index contributed by atoms with van der Waals surface area (Å²) in [5.41, 5.74) is 4.67. The van der Waals surface area contributed by atoms with E-state index in [-0.39, 0.29) is 111 Å². The molecule has 18 heteroatoms. The number of nitrogens with zero attached hydrogens (tertiary/aromatic N) is 1. The van der Waals surface area contributed by atoms with Crippen molar-refractivity contribution in [1.82, 2.24) is 4.90 Å². The molecule has 0 bridgehead atoms. The summed E-state index contributed by atoms with van der Waals surface area (Å²) in [5, 5.41) is 2.79. The van der Waals surface area contributed by atoms with E-state index < -0.39 is 63.5 Å². The van der Waals surface area contributed by atoms with Crippen molar-refractivity contribution in [3.63, 3.8) is 0 Å². The summed E-state index contributed by atoms with van der Waals surface area (Å²) < 4.78 is 93.7. The second-order valence-corrected chi connectivity index (χ2v) is 14.3. The number of nitrogens with two attached hydrogens (primary N) is 1. The van der Waals surface area contributed by atoms with E-state index in [0.29, 0.717) is 0 Å². The second-order valence-electron chi connectivity index (χ2n) is 9.28. The average molecular weight is 668 g/mol. The Morgan fingerprint density at radius 1 is 0.791 bits per heavy atom. The fourth-order valence-electron chi connectivity index (χ4n) is 4.27. The summed E-state index contributed by atoms with van der Waals surface area (Å²) >= 11 is 0. The fraction of sp³-hybridized carbons (Fsp3) is 0.200. The van der Waals surface area contributed by atoms with E-state index in [4.69, 9.17) is 5.73 Å². The van der Waals surface area contributed by atoms with Crippen molar-refractivity contribution in [1.29, 1.82) is 0 Å². The maximum absolute atomic E-state index is 13.4. The maximum Gasteiger partial charge on any atom is 1.00 e. The SMILES string of the molecule is CN(CCS(=O)(=O)[O-])CCS(=O)(=O)c1ccc(Nc2cc(S(=O)(=O)[O-])c(N)c3c2C(=O)c2ccccc2C3=O)cc1.[Na+].[Na+]. The van der Waals surface area contributed by atoms with Crippen molar-refractivity contribution < 1.29 is 103 Å². The smallest absolute Gasteiger partial charge is 0.748 e. The molecule has 1 aliphatic carbocycles. The number of carbonyl (C=O) groups is 2. The first-order valence-electron chi connectivity index (χ1n) is 11.8. The van der Waals surface area contributed by atoms with Crippen LogP contribution in [0.2, 0.25) is 0 Å². The third-order valence-electron chi connectivity index (χ3n) is 6.43. The van der Waals surface area contributed by atoms with Gasteiger partial charge in [0.2, 0.25) is 0 Å². The van der Waals surface area contributed by atoms with Crippen LogP contribution in [0.4, 0.5) is 17.1 Å². The zero-order valence-corrected chi connectivity index (χ0v) is 29.8. The first-order chi connectivity index (χ1) is 19.0. The van der Waals surface area contributed by atoms with Gasteiger partial charge in [-0.05, 0) is 37.4 Å². The molecule has 3 aromatic carbocycles. The van der Waals surface area contributed by atoms with Crippen LogP contribution in [0, 0.1) is 0 Å². The molecule has 0 atom stereocenters. The van der Waals surface area contributed by atoms with Crippen molar-refractivity contribution in [3.05, 3.63) is 76.9 Å². The molecule has 1 aliphatic rings. The number of sulfone groups is 1. The largest absolute Gasteiger partial charge is 1.00 e. The van der Waals surface area contributed by atoms with Crippen LogP contribution in [0.3, 0.4) is 0 Å². The Kier molecular flexibility index (Phi) is 12.4. The predicted octanol–water partition coefficient (Wildman–Crippen LogP) is -5.05. The molecular formula is C25H23N3Na2O10S3. The van der Waals surface area contributed by atoms with Crippen LogP contribution in [0.15, 0.2) is 64.4 Å². The minimum atomic E-state index is -5.16. The van der Waals surface area contributed by atoms with Gasteiger partial charge in [-0.15, -0.1) is 0 Å². The standard InChI is InChI=1S/C25H25N3O10S3.2Na/c1-28(11-13-40(33,34)35)10-12-39(31,32)16-8-6-15(7-9-16)27-19-14-20(41(36,37)38)23(26)22-21(19)24(29)17-4-2-3-5-18(17)25(22)30;;/h2-9,14,27H,10-13,26H2,1H3,(H,33,34,35)(H,36,37,38);;/q;2*+1/p-2. The summed E-state index contributed by atoms with van der Waals surface area (Å²) in [6.45, 7) is -0.178. The Morgan fingerprint density at radius 3 is 1.81 bits per heavy atom. The van der Waals surface area contributed by atoms with Crippen molar-refractivity contribution in [2.75, 3.05) is 42.7 Å². The molecule has 0 saturated heterocycles. The molecule has 13 nitrogen and oxygen atoms in total. The molecule has 0 amide bonds. The Balaban J connectivity index is 0.00000323. The molecule has 0 saturated carbocycles. The zero-order chi connectivity index (χ0) is 30.3. The Labute approximate surface area is 293 Å². The summed E-state index contributed by atoms with van der Waals surface area (Å²) in [6, 6.07) is 11.9. The topological polar surface area (TPSA) is 224 Å². The van der Waals surface area contributed by atoms with Crippen molar-refractivity contribution >= 4 is 58.7 Å². The number of hydrogen-bond donors (Lipinski definition) is 2. The molecule has 0 aromatic heterocycles. The van der Waals surface area contributed by atoms with Crippen LogP contribution in [-0.2, 0) is 30.1 Å². The number of nitrogen functional groups attached to an aromatic ring is 1. The van der Waals surface area contributed by atoms with Gasteiger partial charge in [0.05, 0.1) is 53.9 Å². The molecule has 3 aromatic rings. The summed E-state index contributed by atoms with van der Waals surface area (Å²) in [7, 11) is -12.0. The molecule has 0 aliphatic heterocycles. The summed E-state index contributed by atoms with van der Waals surface area (Å²) in [6.07, 6.45) is 0. The number of hydrogen-bond acceptors (Lipinski definition) is 13. The Hall–Kier alpha value is -1.67.